The van der Waals surface area contributed by atoms with E-state index in [2.05, 4.69) is 0 Å². The smallest absolute Gasteiger partial charge is 0.335 e. The number of ether oxygens (including phenoxy) is 1. The second-order valence-electron chi connectivity index (χ2n) is 4.12. The van der Waals surface area contributed by atoms with Crippen LogP contribution in [0.1, 0.15) is 11.1 Å². The van der Waals surface area contributed by atoms with Gasteiger partial charge in [0, 0.05) is 5.56 Å². The number of aliphatic carboxylic acids is 1. The second kappa shape index (κ2) is 4.32. The Morgan fingerprint density at radius 1 is 1.50 bits per heavy atom. The first-order valence-corrected chi connectivity index (χ1v) is 5.75. The Morgan fingerprint density at radius 2 is 2.17 bits per heavy atom. The van der Waals surface area contributed by atoms with E-state index in [1.807, 2.05) is 6.92 Å². The number of halogens is 2. The zero-order valence-corrected chi connectivity index (χ0v) is 10.6. The van der Waals surface area contributed by atoms with Crippen molar-refractivity contribution in [1.29, 1.82) is 0 Å². The maximum Gasteiger partial charge on any atom is 0.335 e. The molecule has 2 atom stereocenters. The van der Waals surface area contributed by atoms with Crippen molar-refractivity contribution in [3.8, 4) is 5.75 Å². The molecule has 0 aliphatic carbocycles. The summed E-state index contributed by atoms with van der Waals surface area (Å²) in [6, 6.07) is 4.97. The van der Waals surface area contributed by atoms with Crippen LogP contribution in [0.3, 0.4) is 0 Å². The molecule has 0 fully saturated rings. The number of rotatable bonds is 2. The van der Waals surface area contributed by atoms with Crippen LogP contribution in [0.25, 0.3) is 6.08 Å². The van der Waals surface area contributed by atoms with Gasteiger partial charge in [0.25, 0.3) is 5.66 Å². The lowest BCUT2D eigenvalue weighted by molar-refractivity contribution is -0.135. The summed E-state index contributed by atoms with van der Waals surface area (Å²) in [5.74, 6) is -1.15. The first-order valence-electron chi connectivity index (χ1n) is 5.18. The summed E-state index contributed by atoms with van der Waals surface area (Å²) < 4.78 is 31.8. The average Bonchev–Trinajstić information content (AvgIpc) is 2.25. The predicted molar refractivity (Wildman–Crippen MR) is 65.9 cm³/mol. The SMILES string of the molecule is Cc1ccc2c(c1)C=C(C(=O)O)C(C(F)(F)P)O2. The second-order valence-corrected chi connectivity index (χ2v) is 4.89. The molecule has 0 aromatic heterocycles. The molecule has 2 unspecified atom stereocenters. The van der Waals surface area contributed by atoms with Crippen LogP contribution in [0.2, 0.25) is 0 Å². The van der Waals surface area contributed by atoms with Gasteiger partial charge in [-0.1, -0.05) is 20.9 Å². The third kappa shape index (κ3) is 2.36. The molecular formula is C12H11F2O3P. The van der Waals surface area contributed by atoms with Gasteiger partial charge >= 0.3 is 5.97 Å². The molecule has 0 amide bonds. The third-order valence-corrected chi connectivity index (χ3v) is 2.90. The number of carbonyl (C=O) groups is 1. The molecule has 0 spiro atoms. The topological polar surface area (TPSA) is 46.5 Å². The minimum absolute atomic E-state index is 0.262. The molecular weight excluding hydrogens is 261 g/mol. The van der Waals surface area contributed by atoms with Gasteiger partial charge in [-0.15, -0.1) is 0 Å². The highest BCUT2D eigenvalue weighted by atomic mass is 31.0. The van der Waals surface area contributed by atoms with Gasteiger partial charge in [-0.2, -0.15) is 8.78 Å². The maximum atomic E-state index is 13.3. The summed E-state index contributed by atoms with van der Waals surface area (Å²) in [5.41, 5.74) is -2.40. The molecule has 0 bridgehead atoms. The normalized spacial score (nSPS) is 18.7. The Labute approximate surface area is 105 Å². The molecule has 0 radical (unpaired) electrons. The quantitative estimate of drug-likeness (QED) is 0.842. The first-order chi connectivity index (χ1) is 8.29. The molecule has 0 saturated carbocycles. The van der Waals surface area contributed by atoms with Crippen molar-refractivity contribution in [3.05, 3.63) is 34.9 Å². The minimum atomic E-state index is -3.34. The minimum Gasteiger partial charge on any atom is -0.478 e. The van der Waals surface area contributed by atoms with Gasteiger partial charge in [0.05, 0.1) is 5.57 Å². The van der Waals surface area contributed by atoms with E-state index in [1.165, 1.54) is 15.3 Å². The first kappa shape index (κ1) is 13.0. The van der Waals surface area contributed by atoms with Crippen LogP contribution < -0.4 is 4.74 Å². The summed E-state index contributed by atoms with van der Waals surface area (Å²) in [6.45, 7) is 1.82. The van der Waals surface area contributed by atoms with Gasteiger partial charge in [0.15, 0.2) is 6.10 Å². The van der Waals surface area contributed by atoms with E-state index >= 15 is 0 Å². The zero-order valence-electron chi connectivity index (χ0n) is 9.48. The highest BCUT2D eigenvalue weighted by Crippen LogP contribution is 2.39. The lowest BCUT2D eigenvalue weighted by atomic mass is 10.0. The van der Waals surface area contributed by atoms with E-state index in [1.54, 1.807) is 18.2 Å². The molecule has 18 heavy (non-hydrogen) atoms. The number of carboxylic acid groups (broad SMARTS) is 1. The van der Waals surface area contributed by atoms with Crippen LogP contribution in [0.5, 0.6) is 5.75 Å². The van der Waals surface area contributed by atoms with Crippen molar-refractivity contribution in [2.45, 2.75) is 18.7 Å². The summed E-state index contributed by atoms with van der Waals surface area (Å²) in [4.78, 5) is 11.0. The number of fused-ring (bicyclic) bond motifs is 1. The van der Waals surface area contributed by atoms with E-state index in [0.717, 1.165) is 5.56 Å². The van der Waals surface area contributed by atoms with Crippen molar-refractivity contribution in [3.63, 3.8) is 0 Å². The standard InChI is InChI=1S/C12H11F2O3P/c1-6-2-3-9-7(4-6)5-8(11(15)16)10(17-9)12(13,14)18/h2-5,10H,18H2,1H3,(H,15,16). The number of carboxylic acids is 1. The fraction of sp³-hybridized carbons (Fsp3) is 0.250. The Bertz CT molecular complexity index is 535. The summed E-state index contributed by atoms with van der Waals surface area (Å²) in [7, 11) is 1.32. The van der Waals surface area contributed by atoms with Gasteiger partial charge in [-0.05, 0) is 25.1 Å². The lowest BCUT2D eigenvalue weighted by Crippen LogP contribution is -2.39. The van der Waals surface area contributed by atoms with Crippen LogP contribution in [0.15, 0.2) is 23.8 Å². The molecule has 1 N–H and O–H groups in total. The molecule has 0 saturated heterocycles. The molecule has 1 aliphatic heterocycles. The largest absolute Gasteiger partial charge is 0.478 e. The molecule has 1 heterocycles. The zero-order chi connectivity index (χ0) is 13.5. The van der Waals surface area contributed by atoms with Crippen LogP contribution in [-0.2, 0) is 4.79 Å². The molecule has 1 aliphatic rings. The van der Waals surface area contributed by atoms with Gasteiger partial charge in [0.1, 0.15) is 5.75 Å². The van der Waals surface area contributed by atoms with E-state index < -0.39 is 23.3 Å². The fourth-order valence-corrected chi connectivity index (χ4v) is 2.03. The van der Waals surface area contributed by atoms with Crippen LogP contribution in [0.4, 0.5) is 8.78 Å². The van der Waals surface area contributed by atoms with E-state index in [9.17, 15) is 13.6 Å². The maximum absolute atomic E-state index is 13.3. The van der Waals surface area contributed by atoms with Crippen molar-refractivity contribution in [2.24, 2.45) is 0 Å². The van der Waals surface area contributed by atoms with Crippen molar-refractivity contribution in [1.82, 2.24) is 0 Å². The number of alkyl halides is 2. The van der Waals surface area contributed by atoms with Crippen molar-refractivity contribution < 1.29 is 23.4 Å². The van der Waals surface area contributed by atoms with Gasteiger partial charge in [-0.3, -0.25) is 0 Å². The molecule has 1 aromatic carbocycles. The van der Waals surface area contributed by atoms with Crippen LogP contribution >= 0.6 is 9.24 Å². The van der Waals surface area contributed by atoms with E-state index in [-0.39, 0.29) is 5.75 Å². The number of hydrogen-bond acceptors (Lipinski definition) is 2. The fourth-order valence-electron chi connectivity index (χ4n) is 1.78. The average molecular weight is 272 g/mol. The lowest BCUT2D eigenvalue weighted by Gasteiger charge is -2.29. The van der Waals surface area contributed by atoms with Crippen molar-refractivity contribution >= 4 is 21.3 Å². The molecule has 1 aromatic rings. The van der Waals surface area contributed by atoms with Crippen molar-refractivity contribution in [2.75, 3.05) is 0 Å². The summed E-state index contributed by atoms with van der Waals surface area (Å²) in [6.07, 6.45) is -0.563. The molecule has 2 rings (SSSR count). The van der Waals surface area contributed by atoms with Gasteiger partial charge in [-0.25, -0.2) is 4.79 Å². The molecule has 3 nitrogen and oxygen atoms in total. The van der Waals surface area contributed by atoms with E-state index in [0.29, 0.717) is 5.56 Å². The monoisotopic (exact) mass is 272 g/mol. The van der Waals surface area contributed by atoms with Gasteiger partial charge < -0.3 is 9.84 Å². The van der Waals surface area contributed by atoms with Gasteiger partial charge in [0.2, 0.25) is 0 Å². The summed E-state index contributed by atoms with van der Waals surface area (Å²) >= 11 is 0. The van der Waals surface area contributed by atoms with Crippen LogP contribution in [0, 0.1) is 6.92 Å². The summed E-state index contributed by atoms with van der Waals surface area (Å²) in [5, 5.41) is 8.98. The number of aryl methyl sites for hydroxylation is 1. The predicted octanol–water partition coefficient (Wildman–Crippen LogP) is 2.69. The Hall–Kier alpha value is -1.48. The number of benzene rings is 1. The van der Waals surface area contributed by atoms with Crippen LogP contribution in [-0.4, -0.2) is 22.8 Å². The Morgan fingerprint density at radius 3 is 2.72 bits per heavy atom. The Kier molecular flexibility index (Phi) is 3.11. The number of hydrogen-bond donors (Lipinski definition) is 1. The third-order valence-electron chi connectivity index (χ3n) is 2.60. The van der Waals surface area contributed by atoms with E-state index in [4.69, 9.17) is 9.84 Å². The highest BCUT2D eigenvalue weighted by Gasteiger charge is 2.44. The highest BCUT2D eigenvalue weighted by molar-refractivity contribution is 7.18. The Balaban J connectivity index is 2.53. The molecule has 96 valence electrons. The molecule has 6 heteroatoms.